The first-order valence-corrected chi connectivity index (χ1v) is 8.73. The number of amides is 1. The minimum absolute atomic E-state index is 0.0231. The smallest absolute Gasteiger partial charge is 0.239 e. The van der Waals surface area contributed by atoms with E-state index < -0.39 is 0 Å². The minimum atomic E-state index is -0.0231. The summed E-state index contributed by atoms with van der Waals surface area (Å²) < 4.78 is 0. The van der Waals surface area contributed by atoms with Crippen molar-refractivity contribution in [3.8, 4) is 0 Å². The van der Waals surface area contributed by atoms with Gasteiger partial charge in [0.1, 0.15) is 0 Å². The summed E-state index contributed by atoms with van der Waals surface area (Å²) >= 11 is 0. The van der Waals surface area contributed by atoms with Crippen LogP contribution in [-0.2, 0) is 4.79 Å². The first-order chi connectivity index (χ1) is 9.68. The predicted octanol–water partition coefficient (Wildman–Crippen LogP) is 3.34. The van der Waals surface area contributed by atoms with Gasteiger partial charge < -0.3 is 10.2 Å². The summed E-state index contributed by atoms with van der Waals surface area (Å²) in [7, 11) is 0. The van der Waals surface area contributed by atoms with Crippen LogP contribution in [0.5, 0.6) is 0 Å². The fraction of sp³-hybridized carbons (Fsp3) is 0.941. The average molecular weight is 280 g/mol. The van der Waals surface area contributed by atoms with E-state index in [-0.39, 0.29) is 6.04 Å². The summed E-state index contributed by atoms with van der Waals surface area (Å²) in [6, 6.07) is 0.450. The van der Waals surface area contributed by atoms with Gasteiger partial charge in [0.05, 0.1) is 6.04 Å². The highest BCUT2D eigenvalue weighted by molar-refractivity contribution is 5.81. The van der Waals surface area contributed by atoms with Crippen LogP contribution in [0.4, 0.5) is 0 Å². The van der Waals surface area contributed by atoms with Crippen LogP contribution in [0, 0.1) is 5.92 Å². The van der Waals surface area contributed by atoms with Gasteiger partial charge in [0.25, 0.3) is 0 Å². The third kappa shape index (κ3) is 4.47. The van der Waals surface area contributed by atoms with Crippen LogP contribution in [0.2, 0.25) is 0 Å². The highest BCUT2D eigenvalue weighted by Crippen LogP contribution is 2.26. The van der Waals surface area contributed by atoms with Crippen molar-refractivity contribution in [2.75, 3.05) is 13.1 Å². The molecule has 1 saturated heterocycles. The molecule has 1 heterocycles. The van der Waals surface area contributed by atoms with Crippen molar-refractivity contribution in [1.29, 1.82) is 0 Å². The van der Waals surface area contributed by atoms with Crippen molar-refractivity contribution in [2.24, 2.45) is 5.92 Å². The van der Waals surface area contributed by atoms with Crippen LogP contribution in [0.25, 0.3) is 0 Å². The molecule has 1 N–H and O–H groups in total. The second-order valence-electron chi connectivity index (χ2n) is 6.81. The molecule has 1 aliphatic carbocycles. The summed E-state index contributed by atoms with van der Waals surface area (Å²) in [5.74, 6) is 1.08. The van der Waals surface area contributed by atoms with E-state index in [2.05, 4.69) is 17.1 Å². The fourth-order valence-electron chi connectivity index (χ4n) is 3.80. The van der Waals surface area contributed by atoms with Crippen molar-refractivity contribution >= 4 is 5.91 Å². The van der Waals surface area contributed by atoms with Crippen molar-refractivity contribution in [1.82, 2.24) is 10.2 Å². The van der Waals surface area contributed by atoms with E-state index in [4.69, 9.17) is 0 Å². The van der Waals surface area contributed by atoms with Gasteiger partial charge in [-0.05, 0) is 45.4 Å². The summed E-state index contributed by atoms with van der Waals surface area (Å²) in [4.78, 5) is 14.6. The minimum Gasteiger partial charge on any atom is -0.341 e. The van der Waals surface area contributed by atoms with Crippen LogP contribution < -0.4 is 5.32 Å². The highest BCUT2D eigenvalue weighted by Gasteiger charge is 2.26. The maximum absolute atomic E-state index is 12.5. The molecule has 0 aromatic carbocycles. The second kappa shape index (κ2) is 8.02. The topological polar surface area (TPSA) is 32.3 Å². The molecule has 0 radical (unpaired) electrons. The number of likely N-dealkylation sites (tertiary alicyclic amines) is 1. The van der Waals surface area contributed by atoms with Crippen LogP contribution in [0.1, 0.15) is 71.6 Å². The first-order valence-electron chi connectivity index (χ1n) is 8.73. The molecule has 3 nitrogen and oxygen atoms in total. The Kier molecular flexibility index (Phi) is 6.34. The number of hydrogen-bond acceptors (Lipinski definition) is 2. The van der Waals surface area contributed by atoms with Crippen molar-refractivity contribution in [2.45, 2.75) is 83.7 Å². The lowest BCUT2D eigenvalue weighted by molar-refractivity contribution is -0.133. The third-order valence-corrected chi connectivity index (χ3v) is 5.16. The van der Waals surface area contributed by atoms with E-state index in [9.17, 15) is 4.79 Å². The SMILES string of the molecule is CC(N[C@@H](C)C1CCCCC1)C(=O)N1CCCCCC1. The Balaban J connectivity index is 1.79. The van der Waals surface area contributed by atoms with Crippen molar-refractivity contribution in [3.63, 3.8) is 0 Å². The summed E-state index contributed by atoms with van der Waals surface area (Å²) in [5, 5.41) is 3.58. The largest absolute Gasteiger partial charge is 0.341 e. The van der Waals surface area contributed by atoms with Crippen molar-refractivity contribution in [3.05, 3.63) is 0 Å². The molecule has 0 aromatic rings. The Hall–Kier alpha value is -0.570. The quantitative estimate of drug-likeness (QED) is 0.856. The second-order valence-corrected chi connectivity index (χ2v) is 6.81. The molecule has 2 atom stereocenters. The molecule has 2 aliphatic rings. The Labute approximate surface area is 124 Å². The van der Waals surface area contributed by atoms with Crippen LogP contribution in [0.15, 0.2) is 0 Å². The monoisotopic (exact) mass is 280 g/mol. The van der Waals surface area contributed by atoms with E-state index in [1.54, 1.807) is 0 Å². The van der Waals surface area contributed by atoms with Gasteiger partial charge in [-0.2, -0.15) is 0 Å². The average Bonchev–Trinajstić information content (AvgIpc) is 2.76. The van der Waals surface area contributed by atoms with Crippen molar-refractivity contribution < 1.29 is 4.79 Å². The van der Waals surface area contributed by atoms with Gasteiger partial charge in [0, 0.05) is 19.1 Å². The standard InChI is InChI=1S/C17H32N2O/c1-14(16-10-6-5-7-11-16)18-15(2)17(20)19-12-8-3-4-9-13-19/h14-16,18H,3-13H2,1-2H3/t14-,15?/m0/s1. The molecular weight excluding hydrogens is 248 g/mol. The number of hydrogen-bond donors (Lipinski definition) is 1. The van der Waals surface area contributed by atoms with Crippen LogP contribution >= 0.6 is 0 Å². The summed E-state index contributed by atoms with van der Waals surface area (Å²) in [6.45, 7) is 6.24. The Morgan fingerprint density at radius 3 is 2.10 bits per heavy atom. The first kappa shape index (κ1) is 15.8. The van der Waals surface area contributed by atoms with Gasteiger partial charge in [-0.1, -0.05) is 32.1 Å². The molecule has 1 aliphatic heterocycles. The zero-order valence-corrected chi connectivity index (χ0v) is 13.4. The zero-order chi connectivity index (χ0) is 14.4. The number of carbonyl (C=O) groups is 1. The summed E-state index contributed by atoms with van der Waals surface area (Å²) in [5.41, 5.74) is 0. The van der Waals surface area contributed by atoms with E-state index in [0.717, 1.165) is 19.0 Å². The number of rotatable bonds is 4. The van der Waals surface area contributed by atoms with Gasteiger partial charge >= 0.3 is 0 Å². The van der Waals surface area contributed by atoms with Crippen LogP contribution in [-0.4, -0.2) is 36.0 Å². The number of nitrogens with zero attached hydrogens (tertiary/aromatic N) is 1. The third-order valence-electron chi connectivity index (χ3n) is 5.16. The van der Waals surface area contributed by atoms with Crippen LogP contribution in [0.3, 0.4) is 0 Å². The molecule has 0 aromatic heterocycles. The maximum Gasteiger partial charge on any atom is 0.239 e. The molecule has 20 heavy (non-hydrogen) atoms. The normalized spacial score (nSPS) is 25.0. The lowest BCUT2D eigenvalue weighted by Gasteiger charge is -2.32. The number of nitrogens with one attached hydrogen (secondary N) is 1. The Bertz CT molecular complexity index is 291. The Morgan fingerprint density at radius 1 is 0.950 bits per heavy atom. The van der Waals surface area contributed by atoms with E-state index in [1.165, 1.54) is 57.8 Å². The molecule has 0 bridgehead atoms. The molecule has 1 unspecified atom stereocenters. The maximum atomic E-state index is 12.5. The van der Waals surface area contributed by atoms with Gasteiger partial charge in [-0.3, -0.25) is 4.79 Å². The van der Waals surface area contributed by atoms with Gasteiger partial charge in [-0.15, -0.1) is 0 Å². The number of carbonyl (C=O) groups excluding carboxylic acids is 1. The molecule has 3 heteroatoms. The lowest BCUT2D eigenvalue weighted by Crippen LogP contribution is -2.49. The molecular formula is C17H32N2O. The van der Waals surface area contributed by atoms with E-state index in [0.29, 0.717) is 11.9 Å². The Morgan fingerprint density at radius 2 is 1.50 bits per heavy atom. The zero-order valence-electron chi connectivity index (χ0n) is 13.4. The lowest BCUT2D eigenvalue weighted by atomic mass is 9.84. The molecule has 2 rings (SSSR count). The predicted molar refractivity (Wildman–Crippen MR) is 83.7 cm³/mol. The van der Waals surface area contributed by atoms with Gasteiger partial charge in [0.15, 0.2) is 0 Å². The fourth-order valence-corrected chi connectivity index (χ4v) is 3.80. The molecule has 0 spiro atoms. The summed E-state index contributed by atoms with van der Waals surface area (Å²) in [6.07, 6.45) is 11.7. The van der Waals surface area contributed by atoms with E-state index >= 15 is 0 Å². The molecule has 1 amide bonds. The molecule has 2 fully saturated rings. The molecule has 116 valence electrons. The van der Waals surface area contributed by atoms with E-state index in [1.807, 2.05) is 6.92 Å². The molecule has 1 saturated carbocycles. The highest BCUT2D eigenvalue weighted by atomic mass is 16.2. The van der Waals surface area contributed by atoms with Gasteiger partial charge in [0.2, 0.25) is 5.91 Å². The van der Waals surface area contributed by atoms with Gasteiger partial charge in [-0.25, -0.2) is 0 Å².